The lowest BCUT2D eigenvalue weighted by Crippen LogP contribution is -2.37. The van der Waals surface area contributed by atoms with Gasteiger partial charge in [0.25, 0.3) is 0 Å². The molecule has 1 heterocycles. The summed E-state index contributed by atoms with van der Waals surface area (Å²) < 4.78 is 0. The summed E-state index contributed by atoms with van der Waals surface area (Å²) in [5.74, 6) is 0.914. The number of anilines is 1. The van der Waals surface area contributed by atoms with Crippen molar-refractivity contribution >= 4 is 11.8 Å². The van der Waals surface area contributed by atoms with Crippen LogP contribution in [0.25, 0.3) is 0 Å². The van der Waals surface area contributed by atoms with E-state index in [0.29, 0.717) is 13.1 Å². The third-order valence-corrected chi connectivity index (χ3v) is 2.97. The van der Waals surface area contributed by atoms with Gasteiger partial charge in [-0.2, -0.15) is 0 Å². The number of amides is 2. The lowest BCUT2D eigenvalue weighted by Gasteiger charge is -2.13. The Labute approximate surface area is 107 Å². The Bertz CT molecular complexity index is 432. The molecule has 1 aromatic heterocycles. The topological polar surface area (TPSA) is 70.2 Å². The van der Waals surface area contributed by atoms with Gasteiger partial charge in [0.05, 0.1) is 0 Å². The van der Waals surface area contributed by atoms with Crippen molar-refractivity contribution in [1.29, 1.82) is 0 Å². The van der Waals surface area contributed by atoms with Gasteiger partial charge in [0.2, 0.25) is 0 Å². The Morgan fingerprint density at radius 3 is 2.94 bits per heavy atom. The summed E-state index contributed by atoms with van der Waals surface area (Å²) in [5.41, 5.74) is 2.39. The van der Waals surface area contributed by atoms with E-state index >= 15 is 0 Å². The molecule has 0 saturated carbocycles. The normalized spacial score (nSPS) is 13.0. The van der Waals surface area contributed by atoms with Crippen LogP contribution in [-0.2, 0) is 12.8 Å². The molecule has 2 amide bonds. The smallest absolute Gasteiger partial charge is 0.316 e. The maximum absolute atomic E-state index is 11.3. The highest BCUT2D eigenvalue weighted by molar-refractivity contribution is 5.73. The van der Waals surface area contributed by atoms with Crippen LogP contribution >= 0.6 is 0 Å². The molecule has 98 valence electrons. The fraction of sp³-hybridized carbons (Fsp3) is 0.583. The standard InChI is InChI=1S/C12H19N5O/c1-17(2)12(18)14-7-6-13-11-9-4-3-5-10(9)15-8-16-11/h8H,3-7H2,1-2H3,(H,14,18)(H,13,15,16). The van der Waals surface area contributed by atoms with Crippen LogP contribution in [0.5, 0.6) is 0 Å². The highest BCUT2D eigenvalue weighted by Gasteiger charge is 2.16. The number of fused-ring (bicyclic) bond motifs is 1. The molecule has 0 aromatic carbocycles. The number of aromatic nitrogens is 2. The van der Waals surface area contributed by atoms with E-state index in [1.54, 1.807) is 20.4 Å². The largest absolute Gasteiger partial charge is 0.368 e. The van der Waals surface area contributed by atoms with Crippen LogP contribution < -0.4 is 10.6 Å². The van der Waals surface area contributed by atoms with E-state index in [1.807, 2.05) is 0 Å². The van der Waals surface area contributed by atoms with Crippen molar-refractivity contribution in [1.82, 2.24) is 20.2 Å². The van der Waals surface area contributed by atoms with E-state index in [1.165, 1.54) is 10.5 Å². The molecule has 6 heteroatoms. The maximum Gasteiger partial charge on any atom is 0.316 e. The van der Waals surface area contributed by atoms with Crippen LogP contribution in [0.15, 0.2) is 6.33 Å². The van der Waals surface area contributed by atoms with Gasteiger partial charge in [-0.3, -0.25) is 0 Å². The first kappa shape index (κ1) is 12.6. The van der Waals surface area contributed by atoms with Gasteiger partial charge >= 0.3 is 6.03 Å². The zero-order chi connectivity index (χ0) is 13.0. The Kier molecular flexibility index (Phi) is 3.96. The number of urea groups is 1. The third kappa shape index (κ3) is 2.88. The van der Waals surface area contributed by atoms with Crippen LogP contribution in [0.1, 0.15) is 17.7 Å². The van der Waals surface area contributed by atoms with Gasteiger partial charge in [0, 0.05) is 38.4 Å². The highest BCUT2D eigenvalue weighted by Crippen LogP contribution is 2.24. The molecule has 2 rings (SSSR count). The molecule has 1 aliphatic carbocycles. The van der Waals surface area contributed by atoms with Crippen molar-refractivity contribution in [2.45, 2.75) is 19.3 Å². The van der Waals surface area contributed by atoms with Crippen LogP contribution in [-0.4, -0.2) is 48.1 Å². The van der Waals surface area contributed by atoms with Crippen molar-refractivity contribution in [3.63, 3.8) is 0 Å². The number of carbonyl (C=O) groups is 1. The fourth-order valence-electron chi connectivity index (χ4n) is 2.02. The predicted octanol–water partition coefficient (Wildman–Crippen LogP) is 0.648. The van der Waals surface area contributed by atoms with E-state index in [-0.39, 0.29) is 6.03 Å². The van der Waals surface area contributed by atoms with Crippen LogP contribution in [0, 0.1) is 0 Å². The predicted molar refractivity (Wildman–Crippen MR) is 69.6 cm³/mol. The highest BCUT2D eigenvalue weighted by atomic mass is 16.2. The van der Waals surface area contributed by atoms with Gasteiger partial charge in [-0.25, -0.2) is 14.8 Å². The van der Waals surface area contributed by atoms with Gasteiger partial charge in [-0.15, -0.1) is 0 Å². The Morgan fingerprint density at radius 1 is 1.33 bits per heavy atom. The van der Waals surface area contributed by atoms with E-state index in [0.717, 1.165) is 30.8 Å². The second-order valence-electron chi connectivity index (χ2n) is 4.55. The van der Waals surface area contributed by atoms with Crippen molar-refractivity contribution in [2.75, 3.05) is 32.5 Å². The molecule has 0 radical (unpaired) electrons. The first-order valence-corrected chi connectivity index (χ1v) is 6.20. The van der Waals surface area contributed by atoms with Gasteiger partial charge in [-0.05, 0) is 19.3 Å². The maximum atomic E-state index is 11.3. The van der Waals surface area contributed by atoms with Gasteiger partial charge in [-0.1, -0.05) is 0 Å². The summed E-state index contributed by atoms with van der Waals surface area (Å²) in [6.07, 6.45) is 4.84. The molecule has 1 aromatic rings. The Hall–Kier alpha value is -1.85. The molecule has 18 heavy (non-hydrogen) atoms. The minimum atomic E-state index is -0.0790. The van der Waals surface area contributed by atoms with Crippen molar-refractivity contribution in [2.24, 2.45) is 0 Å². The number of rotatable bonds is 4. The zero-order valence-electron chi connectivity index (χ0n) is 10.9. The number of hydrogen-bond acceptors (Lipinski definition) is 4. The van der Waals surface area contributed by atoms with Crippen molar-refractivity contribution < 1.29 is 4.79 Å². The van der Waals surface area contributed by atoms with Crippen LogP contribution in [0.2, 0.25) is 0 Å². The van der Waals surface area contributed by atoms with E-state index in [4.69, 9.17) is 0 Å². The SMILES string of the molecule is CN(C)C(=O)NCCNc1ncnc2c1CCC2. The first-order valence-electron chi connectivity index (χ1n) is 6.20. The van der Waals surface area contributed by atoms with Crippen molar-refractivity contribution in [3.05, 3.63) is 17.6 Å². The average Bonchev–Trinajstić information content (AvgIpc) is 2.83. The second-order valence-corrected chi connectivity index (χ2v) is 4.55. The summed E-state index contributed by atoms with van der Waals surface area (Å²) in [6, 6.07) is -0.0790. The van der Waals surface area contributed by atoms with Crippen LogP contribution in [0.4, 0.5) is 10.6 Å². The number of carbonyl (C=O) groups excluding carboxylic acids is 1. The number of aryl methyl sites for hydroxylation is 1. The van der Waals surface area contributed by atoms with Crippen LogP contribution in [0.3, 0.4) is 0 Å². The molecule has 1 aliphatic rings. The van der Waals surface area contributed by atoms with E-state index < -0.39 is 0 Å². The summed E-state index contributed by atoms with van der Waals surface area (Å²) >= 11 is 0. The monoisotopic (exact) mass is 249 g/mol. The van der Waals surface area contributed by atoms with Gasteiger partial charge in [0.1, 0.15) is 12.1 Å². The molecular formula is C12H19N5O. The fourth-order valence-corrected chi connectivity index (χ4v) is 2.02. The summed E-state index contributed by atoms with van der Waals surface area (Å²) in [4.78, 5) is 21.3. The molecule has 0 unspecified atom stereocenters. The van der Waals surface area contributed by atoms with E-state index in [9.17, 15) is 4.79 Å². The Morgan fingerprint density at radius 2 is 2.17 bits per heavy atom. The lowest BCUT2D eigenvalue weighted by molar-refractivity contribution is 0.218. The molecule has 0 spiro atoms. The molecule has 0 fully saturated rings. The minimum absolute atomic E-state index is 0.0790. The Balaban J connectivity index is 1.81. The summed E-state index contributed by atoms with van der Waals surface area (Å²) in [6.45, 7) is 1.25. The quantitative estimate of drug-likeness (QED) is 0.769. The van der Waals surface area contributed by atoms with Crippen molar-refractivity contribution in [3.8, 4) is 0 Å². The molecule has 0 saturated heterocycles. The summed E-state index contributed by atoms with van der Waals surface area (Å²) in [5, 5.41) is 6.06. The molecule has 0 atom stereocenters. The minimum Gasteiger partial charge on any atom is -0.368 e. The molecule has 0 aliphatic heterocycles. The van der Waals surface area contributed by atoms with E-state index in [2.05, 4.69) is 20.6 Å². The molecular weight excluding hydrogens is 230 g/mol. The third-order valence-electron chi connectivity index (χ3n) is 2.97. The van der Waals surface area contributed by atoms with Gasteiger partial charge < -0.3 is 15.5 Å². The molecule has 2 N–H and O–H groups in total. The lowest BCUT2D eigenvalue weighted by atomic mass is 10.2. The van der Waals surface area contributed by atoms with Gasteiger partial charge in [0.15, 0.2) is 0 Å². The zero-order valence-corrected chi connectivity index (χ0v) is 10.9. The molecule has 6 nitrogen and oxygen atoms in total. The second kappa shape index (κ2) is 5.66. The molecule has 0 bridgehead atoms. The number of nitrogens with zero attached hydrogens (tertiary/aromatic N) is 3. The average molecular weight is 249 g/mol. The first-order chi connectivity index (χ1) is 8.68. The number of hydrogen-bond donors (Lipinski definition) is 2. The summed E-state index contributed by atoms with van der Waals surface area (Å²) in [7, 11) is 3.44. The number of nitrogens with one attached hydrogen (secondary N) is 2.